The van der Waals surface area contributed by atoms with Gasteiger partial charge in [-0.05, 0) is 50.0 Å². The molecular weight excluding hydrogens is 520 g/mol. The van der Waals surface area contributed by atoms with Crippen molar-refractivity contribution in [3.05, 3.63) is 34.0 Å². The van der Waals surface area contributed by atoms with Gasteiger partial charge in [-0.15, -0.1) is 0 Å². The summed E-state index contributed by atoms with van der Waals surface area (Å²) in [5.41, 5.74) is 2.77. The van der Waals surface area contributed by atoms with Crippen molar-refractivity contribution < 1.29 is 9.26 Å². The molecule has 2 atom stereocenters. The molecule has 2 saturated carbocycles. The number of hydrogen-bond acceptors (Lipinski definition) is 9. The minimum absolute atomic E-state index is 0.151. The average molecular weight is 551 g/mol. The molecule has 1 saturated heterocycles. The summed E-state index contributed by atoms with van der Waals surface area (Å²) in [4.78, 5) is 35.9. The number of imidazole rings is 1. The first-order valence-corrected chi connectivity index (χ1v) is 14.2. The first-order chi connectivity index (χ1) is 19.0. The van der Waals surface area contributed by atoms with E-state index >= 15 is 0 Å². The van der Waals surface area contributed by atoms with Crippen LogP contribution in [0.25, 0.3) is 34.1 Å². The van der Waals surface area contributed by atoms with Crippen LogP contribution in [0.4, 0.5) is 5.95 Å². The maximum atomic E-state index is 11.7. The highest BCUT2D eigenvalue weighted by atomic mass is 35.5. The number of nitrogens with zero attached hydrogens (tertiary/aromatic N) is 7. The van der Waals surface area contributed by atoms with Crippen molar-refractivity contribution >= 4 is 28.7 Å². The molecule has 12 heteroatoms. The summed E-state index contributed by atoms with van der Waals surface area (Å²) in [5.74, 6) is 1.92. The SMILES string of the molecule is C[C@H]1CC[C@H](Cn2c(N3CCO[C@@H]4CCC[C@H]43)nc3nc(-c4noc(=O)[nH]4)nc(-c4cncc(Cl)c4)c32)CC1. The van der Waals surface area contributed by atoms with E-state index < -0.39 is 5.76 Å². The molecule has 5 heterocycles. The summed E-state index contributed by atoms with van der Waals surface area (Å²) in [6, 6.07) is 2.13. The van der Waals surface area contributed by atoms with Gasteiger partial charge in [-0.2, -0.15) is 4.98 Å². The molecule has 4 aromatic heterocycles. The molecule has 204 valence electrons. The molecule has 0 aromatic carbocycles. The largest absolute Gasteiger partial charge is 0.439 e. The lowest BCUT2D eigenvalue weighted by Crippen LogP contribution is -2.49. The summed E-state index contributed by atoms with van der Waals surface area (Å²) in [7, 11) is 0. The molecule has 0 radical (unpaired) electrons. The van der Waals surface area contributed by atoms with Gasteiger partial charge >= 0.3 is 5.76 Å². The van der Waals surface area contributed by atoms with Gasteiger partial charge in [0.25, 0.3) is 0 Å². The normalized spacial score (nSPS) is 25.3. The van der Waals surface area contributed by atoms with E-state index in [0.29, 0.717) is 28.9 Å². The average Bonchev–Trinajstić information content (AvgIpc) is 3.68. The molecule has 11 nitrogen and oxygen atoms in total. The zero-order chi connectivity index (χ0) is 26.5. The van der Waals surface area contributed by atoms with Crippen molar-refractivity contribution in [2.45, 2.75) is 70.6 Å². The van der Waals surface area contributed by atoms with E-state index in [0.717, 1.165) is 55.3 Å². The first-order valence-electron chi connectivity index (χ1n) is 13.9. The fourth-order valence-electron chi connectivity index (χ4n) is 6.54. The summed E-state index contributed by atoms with van der Waals surface area (Å²) >= 11 is 6.38. The van der Waals surface area contributed by atoms with E-state index in [9.17, 15) is 4.79 Å². The minimum Gasteiger partial charge on any atom is -0.374 e. The van der Waals surface area contributed by atoms with Crippen molar-refractivity contribution in [2.75, 3.05) is 18.1 Å². The zero-order valence-electron chi connectivity index (χ0n) is 21.8. The Labute approximate surface area is 230 Å². The van der Waals surface area contributed by atoms with Gasteiger partial charge in [0.1, 0.15) is 11.2 Å². The van der Waals surface area contributed by atoms with Gasteiger partial charge < -0.3 is 14.2 Å². The van der Waals surface area contributed by atoms with Crippen LogP contribution in [0.15, 0.2) is 27.8 Å². The van der Waals surface area contributed by atoms with Gasteiger partial charge in [0.2, 0.25) is 17.6 Å². The second-order valence-corrected chi connectivity index (χ2v) is 11.6. The highest BCUT2D eigenvalue weighted by Gasteiger charge is 2.39. The number of aromatic nitrogens is 7. The monoisotopic (exact) mass is 550 g/mol. The third-order valence-electron chi connectivity index (χ3n) is 8.53. The van der Waals surface area contributed by atoms with E-state index in [1.807, 2.05) is 6.07 Å². The topological polar surface area (TPSA) is 128 Å². The Balaban J connectivity index is 1.44. The highest BCUT2D eigenvalue weighted by Crippen LogP contribution is 2.39. The summed E-state index contributed by atoms with van der Waals surface area (Å²) in [5, 5.41) is 4.34. The molecule has 0 spiro atoms. The maximum Gasteiger partial charge on any atom is 0.439 e. The zero-order valence-corrected chi connectivity index (χ0v) is 22.6. The van der Waals surface area contributed by atoms with Crippen LogP contribution in [0.3, 0.4) is 0 Å². The van der Waals surface area contributed by atoms with Gasteiger partial charge in [0.05, 0.1) is 23.8 Å². The van der Waals surface area contributed by atoms with Crippen LogP contribution < -0.4 is 10.7 Å². The lowest BCUT2D eigenvalue weighted by Gasteiger charge is -2.39. The van der Waals surface area contributed by atoms with Crippen molar-refractivity contribution in [3.8, 4) is 22.9 Å². The fraction of sp³-hybridized carbons (Fsp3) is 0.556. The summed E-state index contributed by atoms with van der Waals surface area (Å²) < 4.78 is 13.2. The fourth-order valence-corrected chi connectivity index (χ4v) is 6.71. The van der Waals surface area contributed by atoms with Crippen molar-refractivity contribution in [1.82, 2.24) is 34.6 Å². The molecule has 3 aliphatic rings. The summed E-state index contributed by atoms with van der Waals surface area (Å²) in [6.45, 7) is 4.62. The molecular formula is C27H31ClN8O3. The molecule has 39 heavy (non-hydrogen) atoms. The van der Waals surface area contributed by atoms with E-state index in [-0.39, 0.29) is 23.8 Å². The quantitative estimate of drug-likeness (QED) is 0.382. The van der Waals surface area contributed by atoms with E-state index in [1.165, 1.54) is 25.7 Å². The van der Waals surface area contributed by atoms with Gasteiger partial charge in [-0.3, -0.25) is 14.5 Å². The van der Waals surface area contributed by atoms with E-state index in [1.54, 1.807) is 12.4 Å². The molecule has 1 N–H and O–H groups in total. The summed E-state index contributed by atoms with van der Waals surface area (Å²) in [6.07, 6.45) is 11.7. The van der Waals surface area contributed by atoms with Crippen LogP contribution >= 0.6 is 11.6 Å². The van der Waals surface area contributed by atoms with Crippen LogP contribution in [0, 0.1) is 11.8 Å². The Bertz CT molecular complexity index is 1560. The predicted octanol–water partition coefficient (Wildman–Crippen LogP) is 4.47. The van der Waals surface area contributed by atoms with Gasteiger partial charge in [0.15, 0.2) is 5.65 Å². The van der Waals surface area contributed by atoms with Crippen LogP contribution in [0.5, 0.6) is 0 Å². The second kappa shape index (κ2) is 10.0. The Morgan fingerprint density at radius 2 is 1.97 bits per heavy atom. The molecule has 0 amide bonds. The van der Waals surface area contributed by atoms with Crippen molar-refractivity contribution in [2.24, 2.45) is 11.8 Å². The lowest BCUT2D eigenvalue weighted by molar-refractivity contribution is 0.0247. The molecule has 3 fully saturated rings. The third kappa shape index (κ3) is 4.61. The third-order valence-corrected chi connectivity index (χ3v) is 8.74. The molecule has 0 unspecified atom stereocenters. The number of fused-ring (bicyclic) bond motifs is 2. The Morgan fingerprint density at radius 3 is 2.77 bits per heavy atom. The maximum absolute atomic E-state index is 11.7. The number of rotatable bonds is 5. The number of halogens is 1. The molecule has 1 aliphatic heterocycles. The molecule has 7 rings (SSSR count). The lowest BCUT2D eigenvalue weighted by atomic mass is 9.83. The number of H-pyrrole nitrogens is 1. The van der Waals surface area contributed by atoms with Crippen LogP contribution in [-0.4, -0.2) is 59.9 Å². The molecule has 2 aliphatic carbocycles. The van der Waals surface area contributed by atoms with E-state index in [2.05, 4.69) is 31.5 Å². The predicted molar refractivity (Wildman–Crippen MR) is 146 cm³/mol. The molecule has 0 bridgehead atoms. The van der Waals surface area contributed by atoms with Crippen LogP contribution in [0.2, 0.25) is 5.02 Å². The first kappa shape index (κ1) is 24.7. The Hall–Kier alpha value is -3.31. The van der Waals surface area contributed by atoms with Crippen molar-refractivity contribution in [3.63, 3.8) is 0 Å². The number of aromatic amines is 1. The van der Waals surface area contributed by atoms with Crippen molar-refractivity contribution in [1.29, 1.82) is 0 Å². The van der Waals surface area contributed by atoms with Gasteiger partial charge in [-0.1, -0.05) is 36.5 Å². The van der Waals surface area contributed by atoms with Gasteiger partial charge in [0, 0.05) is 31.0 Å². The Kier molecular flexibility index (Phi) is 6.35. The minimum atomic E-state index is -0.669. The number of morpholine rings is 1. The number of anilines is 1. The second-order valence-electron chi connectivity index (χ2n) is 11.2. The van der Waals surface area contributed by atoms with E-state index in [4.69, 9.17) is 35.8 Å². The number of ether oxygens (including phenoxy) is 1. The van der Waals surface area contributed by atoms with Crippen LogP contribution in [-0.2, 0) is 11.3 Å². The standard InChI is InChI=1S/C27H31ClN8O3/c1-15-5-7-16(8-6-15)14-36-22-21(17-11-18(28)13-29-12-17)30-24(25-33-27(37)39-34-25)31-23(22)32-26(36)35-9-10-38-20-4-2-3-19(20)35/h11-13,15-16,19-20H,2-10,14H2,1H3,(H,33,34,37)/t15-,16-,19-,20-/m1/s1. The number of hydrogen-bond donors (Lipinski definition) is 1. The number of nitrogens with one attached hydrogen (secondary N) is 1. The smallest absolute Gasteiger partial charge is 0.374 e. The molecule has 4 aromatic rings. The number of pyridine rings is 1. The van der Waals surface area contributed by atoms with Crippen LogP contribution in [0.1, 0.15) is 51.9 Å². The Morgan fingerprint density at radius 1 is 1.10 bits per heavy atom. The highest BCUT2D eigenvalue weighted by molar-refractivity contribution is 6.30. The van der Waals surface area contributed by atoms with Gasteiger partial charge in [-0.25, -0.2) is 14.8 Å².